The van der Waals surface area contributed by atoms with E-state index in [9.17, 15) is 14.4 Å². The highest BCUT2D eigenvalue weighted by Crippen LogP contribution is 2.38. The fourth-order valence-corrected chi connectivity index (χ4v) is 5.52. The van der Waals surface area contributed by atoms with E-state index in [1.54, 1.807) is 9.80 Å². The van der Waals surface area contributed by atoms with Crippen molar-refractivity contribution in [1.29, 1.82) is 0 Å². The van der Waals surface area contributed by atoms with Crippen molar-refractivity contribution in [3.05, 3.63) is 82.6 Å². The summed E-state index contributed by atoms with van der Waals surface area (Å²) in [6.07, 6.45) is 2.43. The van der Waals surface area contributed by atoms with E-state index in [4.69, 9.17) is 0 Å². The molecule has 3 aliphatic heterocycles. The Hall–Kier alpha value is -3.61. The van der Waals surface area contributed by atoms with Gasteiger partial charge in [-0.15, -0.1) is 0 Å². The Labute approximate surface area is 206 Å². The first-order valence-electron chi connectivity index (χ1n) is 12.5. The maximum atomic E-state index is 14.0. The number of likely N-dealkylation sites (tertiary alicyclic amines) is 1. The van der Waals surface area contributed by atoms with E-state index in [-0.39, 0.29) is 24.4 Å². The van der Waals surface area contributed by atoms with Gasteiger partial charge in [0.25, 0.3) is 5.91 Å². The quantitative estimate of drug-likeness (QED) is 0.700. The van der Waals surface area contributed by atoms with Gasteiger partial charge in [0.1, 0.15) is 6.04 Å². The van der Waals surface area contributed by atoms with Gasteiger partial charge in [0.05, 0.1) is 23.9 Å². The Morgan fingerprint density at radius 3 is 2.49 bits per heavy atom. The number of rotatable bonds is 6. The third-order valence-corrected chi connectivity index (χ3v) is 7.29. The molecule has 4 amide bonds. The minimum atomic E-state index is -0.611. The highest BCUT2D eigenvalue weighted by atomic mass is 16.2. The molecule has 2 atom stereocenters. The molecule has 1 saturated heterocycles. The first-order valence-corrected chi connectivity index (χ1v) is 12.5. The maximum Gasteiger partial charge on any atom is 0.322 e. The van der Waals surface area contributed by atoms with Crippen LogP contribution in [-0.2, 0) is 16.0 Å². The Balaban J connectivity index is 1.52. The highest BCUT2D eigenvalue weighted by Gasteiger charge is 2.47. The molecule has 3 heterocycles. The molecule has 5 rings (SSSR count). The summed E-state index contributed by atoms with van der Waals surface area (Å²) in [4.78, 5) is 46.0. The molecule has 0 bridgehead atoms. The number of nitrogens with one attached hydrogen (secondary N) is 1. The molecule has 3 aliphatic rings. The average Bonchev–Trinajstić information content (AvgIpc) is 3.51. The monoisotopic (exact) mass is 472 g/mol. The maximum absolute atomic E-state index is 14.0. The molecule has 2 aromatic rings. The number of carbonyl (C=O) groups is 3. The summed E-state index contributed by atoms with van der Waals surface area (Å²) in [7, 11) is 0. The summed E-state index contributed by atoms with van der Waals surface area (Å²) < 4.78 is 0. The third-order valence-electron chi connectivity index (χ3n) is 7.29. The first kappa shape index (κ1) is 23.1. The van der Waals surface area contributed by atoms with Crippen LogP contribution in [-0.4, -0.2) is 64.8 Å². The van der Waals surface area contributed by atoms with Gasteiger partial charge < -0.3 is 15.1 Å². The van der Waals surface area contributed by atoms with Crippen LogP contribution in [0, 0.1) is 6.92 Å². The van der Waals surface area contributed by atoms with Crippen LogP contribution < -0.4 is 5.32 Å². The molecule has 35 heavy (non-hydrogen) atoms. The number of nitrogens with zero attached hydrogens (tertiary/aromatic N) is 3. The van der Waals surface area contributed by atoms with Crippen molar-refractivity contribution in [2.75, 3.05) is 26.2 Å². The van der Waals surface area contributed by atoms with Crippen LogP contribution in [0.3, 0.4) is 0 Å². The van der Waals surface area contributed by atoms with Crippen molar-refractivity contribution in [2.24, 2.45) is 0 Å². The summed E-state index contributed by atoms with van der Waals surface area (Å²) in [6.45, 7) is 6.07. The van der Waals surface area contributed by atoms with E-state index in [0.29, 0.717) is 24.2 Å². The lowest BCUT2D eigenvalue weighted by atomic mass is 9.94. The largest absolute Gasteiger partial charge is 0.341 e. The van der Waals surface area contributed by atoms with Crippen molar-refractivity contribution >= 4 is 17.8 Å². The minimum Gasteiger partial charge on any atom is -0.341 e. The number of aryl methyl sites for hydroxylation is 1. The molecule has 0 radical (unpaired) electrons. The molecule has 0 spiro atoms. The first-order chi connectivity index (χ1) is 17.0. The predicted molar refractivity (Wildman–Crippen MR) is 133 cm³/mol. The molecule has 0 aromatic heterocycles. The molecule has 0 aliphatic carbocycles. The van der Waals surface area contributed by atoms with Crippen LogP contribution >= 0.6 is 0 Å². The topological polar surface area (TPSA) is 73.0 Å². The zero-order valence-electron chi connectivity index (χ0n) is 20.4. The summed E-state index contributed by atoms with van der Waals surface area (Å²) >= 11 is 0. The normalized spacial score (nSPS) is 20.9. The van der Waals surface area contributed by atoms with Crippen molar-refractivity contribution < 1.29 is 14.4 Å². The zero-order chi connectivity index (χ0) is 24.5. The van der Waals surface area contributed by atoms with Crippen molar-refractivity contribution in [1.82, 2.24) is 20.0 Å². The fraction of sp³-hybridized carbons (Fsp3) is 0.393. The fourth-order valence-electron chi connectivity index (χ4n) is 5.52. The summed E-state index contributed by atoms with van der Waals surface area (Å²) in [5.41, 5.74) is 4.23. The number of benzene rings is 2. The average molecular weight is 473 g/mol. The Bertz CT molecular complexity index is 1170. The number of hydrogen-bond donors (Lipinski definition) is 1. The van der Waals surface area contributed by atoms with Gasteiger partial charge in [-0.1, -0.05) is 60.2 Å². The van der Waals surface area contributed by atoms with E-state index in [1.807, 2.05) is 73.3 Å². The van der Waals surface area contributed by atoms with E-state index < -0.39 is 12.1 Å². The standard InChI is InChI=1S/C28H32N4O3/c1-3-31-23-18-32(22(17-20-11-5-4-6-12-20)26(33)30-14-7-8-15-30)27(34)24(23)25(29-28(31)35)21-13-9-10-19(2)16-21/h4-6,9-13,16,22,25H,3,7-8,14-15,17-18H2,1-2H3,(H,29,35). The molecule has 182 valence electrons. The number of urea groups is 1. The summed E-state index contributed by atoms with van der Waals surface area (Å²) in [5.74, 6) is -0.174. The third kappa shape index (κ3) is 4.31. The number of likely N-dealkylation sites (N-methyl/N-ethyl adjacent to an activating group) is 1. The van der Waals surface area contributed by atoms with Gasteiger partial charge in [-0.05, 0) is 37.8 Å². The summed E-state index contributed by atoms with van der Waals surface area (Å²) in [6, 6.07) is 16.4. The molecular formula is C28H32N4O3. The molecule has 2 aromatic carbocycles. The Morgan fingerprint density at radius 2 is 1.80 bits per heavy atom. The van der Waals surface area contributed by atoms with Crippen molar-refractivity contribution in [2.45, 2.75) is 45.2 Å². The van der Waals surface area contributed by atoms with Gasteiger partial charge in [0.2, 0.25) is 5.91 Å². The lowest BCUT2D eigenvalue weighted by Gasteiger charge is -2.33. The zero-order valence-corrected chi connectivity index (χ0v) is 20.4. The molecule has 1 N–H and O–H groups in total. The van der Waals surface area contributed by atoms with E-state index in [1.165, 1.54) is 0 Å². The molecule has 1 fully saturated rings. The van der Waals surface area contributed by atoms with Crippen LogP contribution in [0.25, 0.3) is 0 Å². The molecular weight excluding hydrogens is 440 g/mol. The van der Waals surface area contributed by atoms with Crippen LogP contribution in [0.15, 0.2) is 65.9 Å². The van der Waals surface area contributed by atoms with Crippen LogP contribution in [0.4, 0.5) is 4.79 Å². The predicted octanol–water partition coefficient (Wildman–Crippen LogP) is 3.41. The number of carbonyl (C=O) groups excluding carboxylic acids is 3. The molecule has 0 saturated carbocycles. The van der Waals surface area contributed by atoms with Gasteiger partial charge in [0.15, 0.2) is 0 Å². The SMILES string of the molecule is CCN1C(=O)NC(c2cccc(C)c2)C2=C1CN(C(Cc1ccccc1)C(=O)N1CCCC1)C2=O. The Kier molecular flexibility index (Phi) is 6.32. The van der Waals surface area contributed by atoms with Gasteiger partial charge in [-0.3, -0.25) is 14.5 Å². The number of hydrogen-bond acceptors (Lipinski definition) is 3. The number of amides is 4. The highest BCUT2D eigenvalue weighted by molar-refractivity contribution is 6.03. The second-order valence-electron chi connectivity index (χ2n) is 9.57. The van der Waals surface area contributed by atoms with Gasteiger partial charge >= 0.3 is 6.03 Å². The molecule has 7 heteroatoms. The van der Waals surface area contributed by atoms with Crippen molar-refractivity contribution in [3.63, 3.8) is 0 Å². The van der Waals surface area contributed by atoms with Crippen LogP contribution in [0.2, 0.25) is 0 Å². The van der Waals surface area contributed by atoms with Gasteiger partial charge in [0, 0.05) is 26.1 Å². The molecule has 7 nitrogen and oxygen atoms in total. The lowest BCUT2D eigenvalue weighted by molar-refractivity contribution is -0.142. The minimum absolute atomic E-state index is 0.00557. The van der Waals surface area contributed by atoms with E-state index in [2.05, 4.69) is 5.32 Å². The second kappa shape index (κ2) is 9.56. The smallest absolute Gasteiger partial charge is 0.322 e. The van der Waals surface area contributed by atoms with E-state index >= 15 is 0 Å². The van der Waals surface area contributed by atoms with Crippen LogP contribution in [0.1, 0.15) is 42.5 Å². The second-order valence-corrected chi connectivity index (χ2v) is 9.57. The molecule has 2 unspecified atom stereocenters. The lowest BCUT2D eigenvalue weighted by Crippen LogP contribution is -2.50. The van der Waals surface area contributed by atoms with Gasteiger partial charge in [-0.25, -0.2) is 4.79 Å². The Morgan fingerprint density at radius 1 is 1.06 bits per heavy atom. The van der Waals surface area contributed by atoms with E-state index in [0.717, 1.165) is 42.6 Å². The van der Waals surface area contributed by atoms with Crippen molar-refractivity contribution in [3.8, 4) is 0 Å². The van der Waals surface area contributed by atoms with Gasteiger partial charge in [-0.2, -0.15) is 0 Å². The summed E-state index contributed by atoms with van der Waals surface area (Å²) in [5, 5.41) is 3.04. The van der Waals surface area contributed by atoms with Crippen LogP contribution in [0.5, 0.6) is 0 Å².